The van der Waals surface area contributed by atoms with E-state index in [9.17, 15) is 0 Å². The standard InChI is InChI=1S/C9H12ClN3/c1-7-6-8(12-9(10)11-7)13-4-2-3-5-13/h6H,2-5H2,1H3. The normalized spacial score (nSPS) is 16.6. The van der Waals surface area contributed by atoms with Gasteiger partial charge in [0.15, 0.2) is 0 Å². The van der Waals surface area contributed by atoms with Gasteiger partial charge < -0.3 is 4.90 Å². The molecule has 0 aliphatic carbocycles. The minimum absolute atomic E-state index is 0.349. The fourth-order valence-electron chi connectivity index (χ4n) is 1.62. The van der Waals surface area contributed by atoms with Gasteiger partial charge in [0.25, 0.3) is 0 Å². The fourth-order valence-corrected chi connectivity index (χ4v) is 1.84. The van der Waals surface area contributed by atoms with Crippen molar-refractivity contribution < 1.29 is 0 Å². The molecule has 0 aromatic carbocycles. The van der Waals surface area contributed by atoms with E-state index in [1.807, 2.05) is 13.0 Å². The molecule has 3 nitrogen and oxygen atoms in total. The van der Waals surface area contributed by atoms with Crippen LogP contribution >= 0.6 is 11.6 Å². The van der Waals surface area contributed by atoms with Gasteiger partial charge in [-0.05, 0) is 31.4 Å². The van der Waals surface area contributed by atoms with Gasteiger partial charge in [-0.2, -0.15) is 0 Å². The zero-order valence-corrected chi connectivity index (χ0v) is 8.38. The lowest BCUT2D eigenvalue weighted by Crippen LogP contribution is -2.19. The molecule has 1 fully saturated rings. The molecule has 0 radical (unpaired) electrons. The first-order chi connectivity index (χ1) is 6.25. The summed E-state index contributed by atoms with van der Waals surface area (Å²) in [5.74, 6) is 0.968. The smallest absolute Gasteiger partial charge is 0.224 e. The highest BCUT2D eigenvalue weighted by Gasteiger charge is 2.14. The maximum Gasteiger partial charge on any atom is 0.224 e. The zero-order valence-electron chi connectivity index (χ0n) is 7.63. The van der Waals surface area contributed by atoms with Crippen molar-refractivity contribution in [3.63, 3.8) is 0 Å². The molecule has 0 spiro atoms. The molecule has 0 amide bonds. The molecule has 1 aliphatic rings. The van der Waals surface area contributed by atoms with Crippen LogP contribution in [0.1, 0.15) is 18.5 Å². The highest BCUT2D eigenvalue weighted by atomic mass is 35.5. The van der Waals surface area contributed by atoms with Crippen LogP contribution in [0, 0.1) is 6.92 Å². The van der Waals surface area contributed by atoms with Gasteiger partial charge in [0.1, 0.15) is 5.82 Å². The highest BCUT2D eigenvalue weighted by molar-refractivity contribution is 6.28. The van der Waals surface area contributed by atoms with Gasteiger partial charge in [0.05, 0.1) is 0 Å². The molecule has 0 bridgehead atoms. The van der Waals surface area contributed by atoms with Crippen LogP contribution in [0.15, 0.2) is 6.07 Å². The predicted octanol–water partition coefficient (Wildman–Crippen LogP) is 2.04. The fraction of sp³-hybridized carbons (Fsp3) is 0.556. The van der Waals surface area contributed by atoms with Crippen LogP contribution in [0.25, 0.3) is 0 Å². The topological polar surface area (TPSA) is 29.0 Å². The summed E-state index contributed by atoms with van der Waals surface area (Å²) < 4.78 is 0. The Labute approximate surface area is 82.8 Å². The molecule has 0 saturated carbocycles. The summed E-state index contributed by atoms with van der Waals surface area (Å²) in [5.41, 5.74) is 0.932. The second-order valence-corrected chi connectivity index (χ2v) is 3.67. The molecule has 70 valence electrons. The molecule has 0 unspecified atom stereocenters. The summed E-state index contributed by atoms with van der Waals surface area (Å²) in [5, 5.41) is 0.349. The quantitative estimate of drug-likeness (QED) is 0.646. The van der Waals surface area contributed by atoms with Crippen molar-refractivity contribution in [3.05, 3.63) is 17.0 Å². The monoisotopic (exact) mass is 197 g/mol. The van der Waals surface area contributed by atoms with E-state index < -0.39 is 0 Å². The Morgan fingerprint density at radius 3 is 2.62 bits per heavy atom. The van der Waals surface area contributed by atoms with Crippen molar-refractivity contribution in [2.45, 2.75) is 19.8 Å². The van der Waals surface area contributed by atoms with E-state index in [1.165, 1.54) is 12.8 Å². The average Bonchev–Trinajstić information content (AvgIpc) is 2.53. The predicted molar refractivity (Wildman–Crippen MR) is 53.2 cm³/mol. The molecule has 1 aromatic heterocycles. The van der Waals surface area contributed by atoms with Crippen LogP contribution < -0.4 is 4.90 Å². The largest absolute Gasteiger partial charge is 0.356 e. The summed E-state index contributed by atoms with van der Waals surface area (Å²) in [6.45, 7) is 4.12. The van der Waals surface area contributed by atoms with Crippen LogP contribution in [0.3, 0.4) is 0 Å². The number of nitrogens with zero attached hydrogens (tertiary/aromatic N) is 3. The zero-order chi connectivity index (χ0) is 9.26. The number of hydrogen-bond acceptors (Lipinski definition) is 3. The van der Waals surface area contributed by atoms with Crippen molar-refractivity contribution in [1.82, 2.24) is 9.97 Å². The van der Waals surface area contributed by atoms with E-state index in [-0.39, 0.29) is 0 Å². The van der Waals surface area contributed by atoms with Crippen LogP contribution in [-0.2, 0) is 0 Å². The van der Waals surface area contributed by atoms with Gasteiger partial charge in [0, 0.05) is 24.8 Å². The summed E-state index contributed by atoms with van der Waals surface area (Å²) in [4.78, 5) is 10.5. The first kappa shape index (κ1) is 8.75. The van der Waals surface area contributed by atoms with Crippen LogP contribution in [0.4, 0.5) is 5.82 Å². The summed E-state index contributed by atoms with van der Waals surface area (Å²) in [7, 11) is 0. The highest BCUT2D eigenvalue weighted by Crippen LogP contribution is 2.19. The van der Waals surface area contributed by atoms with Crippen molar-refractivity contribution >= 4 is 17.4 Å². The van der Waals surface area contributed by atoms with Gasteiger partial charge in [-0.25, -0.2) is 9.97 Å². The SMILES string of the molecule is Cc1cc(N2CCCC2)nc(Cl)n1. The van der Waals surface area contributed by atoms with E-state index in [2.05, 4.69) is 14.9 Å². The number of aryl methyl sites for hydroxylation is 1. The van der Waals surface area contributed by atoms with E-state index in [0.29, 0.717) is 5.28 Å². The molecule has 0 N–H and O–H groups in total. The van der Waals surface area contributed by atoms with Crippen molar-refractivity contribution in [2.24, 2.45) is 0 Å². The number of hydrogen-bond donors (Lipinski definition) is 0. The minimum atomic E-state index is 0.349. The lowest BCUT2D eigenvalue weighted by atomic mass is 10.4. The third-order valence-corrected chi connectivity index (χ3v) is 2.41. The van der Waals surface area contributed by atoms with Gasteiger partial charge >= 0.3 is 0 Å². The maximum atomic E-state index is 5.78. The second-order valence-electron chi connectivity index (χ2n) is 3.33. The molecular formula is C9H12ClN3. The molecule has 1 saturated heterocycles. The average molecular weight is 198 g/mol. The van der Waals surface area contributed by atoms with Gasteiger partial charge in [-0.3, -0.25) is 0 Å². The molecular weight excluding hydrogens is 186 g/mol. The first-order valence-electron chi connectivity index (χ1n) is 4.52. The Balaban J connectivity index is 2.28. The van der Waals surface area contributed by atoms with E-state index in [0.717, 1.165) is 24.6 Å². The third kappa shape index (κ3) is 1.91. The van der Waals surface area contributed by atoms with Crippen molar-refractivity contribution in [3.8, 4) is 0 Å². The number of rotatable bonds is 1. The van der Waals surface area contributed by atoms with Crippen molar-refractivity contribution in [1.29, 1.82) is 0 Å². The van der Waals surface area contributed by atoms with E-state index in [4.69, 9.17) is 11.6 Å². The van der Waals surface area contributed by atoms with E-state index in [1.54, 1.807) is 0 Å². The number of aromatic nitrogens is 2. The van der Waals surface area contributed by atoms with Crippen LogP contribution in [-0.4, -0.2) is 23.1 Å². The Hall–Kier alpha value is -0.830. The first-order valence-corrected chi connectivity index (χ1v) is 4.89. The number of halogens is 1. The Morgan fingerprint density at radius 2 is 2.00 bits per heavy atom. The van der Waals surface area contributed by atoms with Crippen LogP contribution in [0.5, 0.6) is 0 Å². The summed E-state index contributed by atoms with van der Waals surface area (Å²) in [6, 6.07) is 1.98. The van der Waals surface area contributed by atoms with E-state index >= 15 is 0 Å². The second kappa shape index (κ2) is 3.50. The maximum absolute atomic E-state index is 5.78. The Bertz CT molecular complexity index is 287. The third-order valence-electron chi connectivity index (χ3n) is 2.24. The van der Waals surface area contributed by atoms with Crippen LogP contribution in [0.2, 0.25) is 5.28 Å². The Kier molecular flexibility index (Phi) is 2.36. The molecule has 0 atom stereocenters. The molecule has 4 heteroatoms. The molecule has 13 heavy (non-hydrogen) atoms. The van der Waals surface area contributed by atoms with Gasteiger partial charge in [0.2, 0.25) is 5.28 Å². The summed E-state index contributed by atoms with van der Waals surface area (Å²) >= 11 is 5.78. The molecule has 1 aromatic rings. The molecule has 2 heterocycles. The van der Waals surface area contributed by atoms with Gasteiger partial charge in [-0.1, -0.05) is 0 Å². The molecule has 1 aliphatic heterocycles. The summed E-state index contributed by atoms with van der Waals surface area (Å²) in [6.07, 6.45) is 2.50. The minimum Gasteiger partial charge on any atom is -0.356 e. The molecule has 2 rings (SSSR count). The lowest BCUT2D eigenvalue weighted by Gasteiger charge is -2.16. The Morgan fingerprint density at radius 1 is 1.31 bits per heavy atom. The lowest BCUT2D eigenvalue weighted by molar-refractivity contribution is 0.920. The van der Waals surface area contributed by atoms with Gasteiger partial charge in [-0.15, -0.1) is 0 Å². The number of anilines is 1. The van der Waals surface area contributed by atoms with Crippen molar-refractivity contribution in [2.75, 3.05) is 18.0 Å².